The van der Waals surface area contributed by atoms with Crippen molar-refractivity contribution in [2.24, 2.45) is 0 Å². The minimum atomic E-state index is -1.25. The minimum absolute atomic E-state index is 0.515. The van der Waals surface area contributed by atoms with Gasteiger partial charge in [-0.2, -0.15) is 0 Å². The van der Waals surface area contributed by atoms with Crippen LogP contribution in [0.4, 0.5) is 0 Å². The van der Waals surface area contributed by atoms with E-state index in [4.69, 9.17) is 4.74 Å². The number of ether oxygens (including phenoxy) is 1. The molecule has 5 unspecified atom stereocenters. The number of thioether (sulfide) groups is 1. The average Bonchev–Trinajstić information content (AvgIpc) is 2.92. The highest BCUT2D eigenvalue weighted by molar-refractivity contribution is 8.00. The predicted octanol–water partition coefficient (Wildman–Crippen LogP) is -0.728. The maximum absolute atomic E-state index is 9.98. The van der Waals surface area contributed by atoms with Crippen LogP contribution in [-0.4, -0.2) is 65.1 Å². The summed E-state index contributed by atoms with van der Waals surface area (Å²) in [6, 6.07) is 0. The lowest BCUT2D eigenvalue weighted by molar-refractivity contribution is -0.192. The number of hydrogen-bond donors (Lipinski definition) is 4. The molecule has 1 aliphatic heterocycles. The third-order valence-electron chi connectivity index (χ3n) is 3.22. The van der Waals surface area contributed by atoms with E-state index in [2.05, 4.69) is 19.9 Å². The Morgan fingerprint density at radius 2 is 1.95 bits per heavy atom. The Hall–Kier alpha value is -1.26. The van der Waals surface area contributed by atoms with Crippen LogP contribution in [-0.2, 0) is 4.74 Å². The molecule has 2 aromatic heterocycles. The summed E-state index contributed by atoms with van der Waals surface area (Å²) in [4.78, 5) is 15.1. The van der Waals surface area contributed by atoms with Crippen LogP contribution in [0.25, 0.3) is 11.2 Å². The zero-order chi connectivity index (χ0) is 14.3. The Kier molecular flexibility index (Phi) is 3.61. The van der Waals surface area contributed by atoms with E-state index in [0.29, 0.717) is 16.2 Å². The van der Waals surface area contributed by atoms with Gasteiger partial charge in [-0.3, -0.25) is 0 Å². The summed E-state index contributed by atoms with van der Waals surface area (Å²) < 4.78 is 5.52. The van der Waals surface area contributed by atoms with Gasteiger partial charge in [-0.25, -0.2) is 15.0 Å². The number of nitrogens with one attached hydrogen (secondary N) is 1. The van der Waals surface area contributed by atoms with Gasteiger partial charge in [-0.1, -0.05) is 11.8 Å². The lowest BCUT2D eigenvalue weighted by atomic mass is 10.0. The number of nitrogens with zero attached hydrogens (tertiary/aromatic N) is 3. The number of imidazole rings is 1. The first-order valence-electron chi connectivity index (χ1n) is 6.08. The topological polar surface area (TPSA) is 124 Å². The summed E-state index contributed by atoms with van der Waals surface area (Å²) >= 11 is 1.15. The number of rotatable bonds is 2. The van der Waals surface area contributed by atoms with Crippen LogP contribution in [0, 0.1) is 0 Å². The molecule has 1 saturated heterocycles. The lowest BCUT2D eigenvalue weighted by Crippen LogP contribution is -2.55. The van der Waals surface area contributed by atoms with Gasteiger partial charge in [0.15, 0.2) is 5.65 Å². The van der Waals surface area contributed by atoms with Gasteiger partial charge in [-0.15, -0.1) is 0 Å². The van der Waals surface area contributed by atoms with Gasteiger partial charge in [0, 0.05) is 0 Å². The van der Waals surface area contributed by atoms with Gasteiger partial charge in [-0.05, 0) is 6.92 Å². The van der Waals surface area contributed by atoms with Crippen molar-refractivity contribution in [2.45, 2.75) is 41.8 Å². The number of aliphatic hydroxyl groups excluding tert-OH is 3. The molecule has 0 radical (unpaired) electrons. The summed E-state index contributed by atoms with van der Waals surface area (Å²) in [6.07, 6.45) is -1.28. The largest absolute Gasteiger partial charge is 0.388 e. The second-order valence-electron chi connectivity index (χ2n) is 4.58. The van der Waals surface area contributed by atoms with E-state index in [1.807, 2.05) is 0 Å². The van der Waals surface area contributed by atoms with Gasteiger partial charge in [0.1, 0.15) is 40.6 Å². The summed E-state index contributed by atoms with van der Waals surface area (Å²) in [6.45, 7) is 1.64. The maximum Gasteiger partial charge on any atom is 0.181 e. The molecule has 20 heavy (non-hydrogen) atoms. The Labute approximate surface area is 118 Å². The Morgan fingerprint density at radius 3 is 2.75 bits per heavy atom. The van der Waals surface area contributed by atoms with E-state index in [0.717, 1.165) is 11.8 Å². The molecule has 0 spiro atoms. The summed E-state index contributed by atoms with van der Waals surface area (Å²) in [5, 5.41) is 30.0. The van der Waals surface area contributed by atoms with E-state index >= 15 is 0 Å². The van der Waals surface area contributed by atoms with Crippen LogP contribution in [0.5, 0.6) is 0 Å². The number of aromatic nitrogens is 4. The highest BCUT2D eigenvalue weighted by Crippen LogP contribution is 2.34. The molecule has 0 aromatic carbocycles. The van der Waals surface area contributed by atoms with Crippen molar-refractivity contribution in [1.82, 2.24) is 19.9 Å². The van der Waals surface area contributed by atoms with Gasteiger partial charge >= 0.3 is 0 Å². The number of hydrogen-bond acceptors (Lipinski definition) is 8. The van der Waals surface area contributed by atoms with Gasteiger partial charge in [0.2, 0.25) is 0 Å². The molecule has 0 amide bonds. The summed E-state index contributed by atoms with van der Waals surface area (Å²) in [5.74, 6) is 0. The quantitative estimate of drug-likeness (QED) is 0.535. The molecule has 3 heterocycles. The second-order valence-corrected chi connectivity index (χ2v) is 5.67. The normalized spacial score (nSPS) is 34.5. The van der Waals surface area contributed by atoms with Crippen LogP contribution < -0.4 is 0 Å². The molecule has 108 valence electrons. The van der Waals surface area contributed by atoms with Gasteiger partial charge in [0.25, 0.3) is 0 Å². The van der Waals surface area contributed by atoms with Crippen LogP contribution in [0.2, 0.25) is 0 Å². The smallest absolute Gasteiger partial charge is 0.181 e. The number of fused-ring (bicyclic) bond motifs is 1. The fourth-order valence-corrected chi connectivity index (χ4v) is 3.18. The molecule has 1 aliphatic rings. The first-order valence-corrected chi connectivity index (χ1v) is 6.96. The maximum atomic E-state index is 9.98. The van der Waals surface area contributed by atoms with Crippen LogP contribution in [0.1, 0.15) is 6.92 Å². The average molecular weight is 298 g/mol. The van der Waals surface area contributed by atoms with E-state index in [1.165, 1.54) is 12.7 Å². The molecule has 0 bridgehead atoms. The van der Waals surface area contributed by atoms with Crippen molar-refractivity contribution >= 4 is 22.9 Å². The second kappa shape index (κ2) is 5.26. The van der Waals surface area contributed by atoms with Crippen LogP contribution in [0.3, 0.4) is 0 Å². The highest BCUT2D eigenvalue weighted by atomic mass is 32.2. The Balaban J connectivity index is 1.85. The van der Waals surface area contributed by atoms with E-state index in [-0.39, 0.29) is 0 Å². The Bertz CT molecular complexity index is 609. The summed E-state index contributed by atoms with van der Waals surface area (Å²) in [7, 11) is 0. The monoisotopic (exact) mass is 298 g/mol. The SMILES string of the molecule is CC1OC(Sc2ncnc3nc[nH]c23)C(O)C(O)C1O. The molecule has 8 nitrogen and oxygen atoms in total. The van der Waals surface area contributed by atoms with Crippen molar-refractivity contribution in [2.75, 3.05) is 0 Å². The van der Waals surface area contributed by atoms with Crippen molar-refractivity contribution in [3.05, 3.63) is 12.7 Å². The van der Waals surface area contributed by atoms with Crippen molar-refractivity contribution in [3.8, 4) is 0 Å². The van der Waals surface area contributed by atoms with Gasteiger partial charge in [0.05, 0.1) is 12.4 Å². The third kappa shape index (κ3) is 2.27. The molecule has 0 saturated carbocycles. The molecule has 4 N–H and O–H groups in total. The predicted molar refractivity (Wildman–Crippen MR) is 69.9 cm³/mol. The first-order chi connectivity index (χ1) is 9.58. The lowest BCUT2D eigenvalue weighted by Gasteiger charge is -2.38. The molecular weight excluding hydrogens is 284 g/mol. The van der Waals surface area contributed by atoms with Crippen LogP contribution >= 0.6 is 11.8 Å². The molecule has 9 heteroatoms. The highest BCUT2D eigenvalue weighted by Gasteiger charge is 2.42. The Morgan fingerprint density at radius 1 is 1.15 bits per heavy atom. The van der Waals surface area contributed by atoms with Crippen molar-refractivity contribution in [3.63, 3.8) is 0 Å². The molecule has 3 rings (SSSR count). The molecular formula is C11H14N4O4S. The third-order valence-corrected chi connectivity index (χ3v) is 4.38. The van der Waals surface area contributed by atoms with Crippen LogP contribution in [0.15, 0.2) is 17.7 Å². The first kappa shape index (κ1) is 13.7. The standard InChI is InChI=1S/C11H14N4O4S/c1-4-6(16)7(17)8(18)11(19-4)20-10-5-9(13-2-12-5)14-3-15-10/h2-4,6-8,11,16-18H,1H3,(H,12,13,14,15). The fourth-order valence-electron chi connectivity index (χ4n) is 2.05. The number of H-pyrrole nitrogens is 1. The van der Waals surface area contributed by atoms with E-state index in [9.17, 15) is 15.3 Å². The fraction of sp³-hybridized carbons (Fsp3) is 0.545. The van der Waals surface area contributed by atoms with Gasteiger partial charge < -0.3 is 25.0 Å². The molecule has 1 fully saturated rings. The van der Waals surface area contributed by atoms with E-state index < -0.39 is 29.9 Å². The molecule has 0 aliphatic carbocycles. The van der Waals surface area contributed by atoms with Crippen molar-refractivity contribution in [1.29, 1.82) is 0 Å². The minimum Gasteiger partial charge on any atom is -0.388 e. The van der Waals surface area contributed by atoms with Crippen molar-refractivity contribution < 1.29 is 20.1 Å². The zero-order valence-electron chi connectivity index (χ0n) is 10.5. The molecule has 2 aromatic rings. The summed E-state index contributed by atoms with van der Waals surface area (Å²) in [5.41, 5.74) is 0.424. The molecule has 5 atom stereocenters. The number of aromatic amines is 1. The number of aliphatic hydroxyl groups is 3. The van der Waals surface area contributed by atoms with E-state index in [1.54, 1.807) is 6.92 Å². The zero-order valence-corrected chi connectivity index (χ0v) is 11.4.